The Morgan fingerprint density at radius 2 is 1.71 bits per heavy atom. The molecule has 1 saturated heterocycles. The first-order valence-electron chi connectivity index (χ1n) is 8.94. The molecule has 0 radical (unpaired) electrons. The molecular weight excluding hydrogens is 341 g/mol. The molecule has 3 nitrogen and oxygen atoms in total. The van der Waals surface area contributed by atoms with Crippen molar-refractivity contribution in [3.05, 3.63) is 36.0 Å². The molecule has 1 atom stereocenters. The van der Waals surface area contributed by atoms with E-state index in [1.807, 2.05) is 0 Å². The maximum Gasteiger partial charge on any atom is 0.0457 e. The number of piperazine rings is 1. The number of hydrogen-bond donors (Lipinski definition) is 2. The summed E-state index contributed by atoms with van der Waals surface area (Å²) < 4.78 is 0. The van der Waals surface area contributed by atoms with Crippen LogP contribution in [-0.4, -0.2) is 36.1 Å². The van der Waals surface area contributed by atoms with E-state index in [0.29, 0.717) is 6.04 Å². The van der Waals surface area contributed by atoms with Gasteiger partial charge in [-0.3, -0.25) is 4.90 Å². The second-order valence-corrected chi connectivity index (χ2v) is 6.92. The molecule has 0 bridgehead atoms. The predicted molar refractivity (Wildman–Crippen MR) is 107 cm³/mol. The van der Waals surface area contributed by atoms with E-state index in [1.54, 1.807) is 5.56 Å². The molecule has 2 heterocycles. The summed E-state index contributed by atoms with van der Waals surface area (Å²) in [5.74, 6) is 0.826. The Labute approximate surface area is 157 Å². The molecule has 2 aliphatic rings. The minimum absolute atomic E-state index is 0. The van der Waals surface area contributed by atoms with Gasteiger partial charge in [-0.25, -0.2) is 0 Å². The minimum Gasteiger partial charge on any atom is -0.361 e. The van der Waals surface area contributed by atoms with Gasteiger partial charge in [-0.2, -0.15) is 0 Å². The highest BCUT2D eigenvalue weighted by Gasteiger charge is 2.31. The third kappa shape index (κ3) is 3.91. The number of aromatic nitrogens is 1. The van der Waals surface area contributed by atoms with E-state index in [0.717, 1.165) is 19.0 Å². The van der Waals surface area contributed by atoms with Crippen molar-refractivity contribution in [3.8, 4) is 0 Å². The number of benzene rings is 1. The van der Waals surface area contributed by atoms with Gasteiger partial charge in [-0.15, -0.1) is 24.8 Å². The van der Waals surface area contributed by atoms with Gasteiger partial charge < -0.3 is 10.3 Å². The van der Waals surface area contributed by atoms with Crippen molar-refractivity contribution in [2.45, 2.75) is 38.1 Å². The molecule has 0 spiro atoms. The molecule has 5 heteroatoms. The summed E-state index contributed by atoms with van der Waals surface area (Å²) in [7, 11) is 0. The SMILES string of the molecule is Cl.Cl.c1cc([C@@H](C2CCCCC2)N2CCNCC2)c2cc[nH]c2c1. The average molecular weight is 370 g/mol. The second-order valence-electron chi connectivity index (χ2n) is 6.92. The van der Waals surface area contributed by atoms with Crippen LogP contribution in [-0.2, 0) is 0 Å². The van der Waals surface area contributed by atoms with Crippen LogP contribution < -0.4 is 5.32 Å². The van der Waals surface area contributed by atoms with Gasteiger partial charge in [0.2, 0.25) is 0 Å². The Balaban J connectivity index is 0.00000104. The normalized spacial score (nSPS) is 21.0. The monoisotopic (exact) mass is 369 g/mol. The third-order valence-electron chi connectivity index (χ3n) is 5.59. The summed E-state index contributed by atoms with van der Waals surface area (Å²) >= 11 is 0. The van der Waals surface area contributed by atoms with Gasteiger partial charge >= 0.3 is 0 Å². The van der Waals surface area contributed by atoms with Gasteiger partial charge in [-0.05, 0) is 36.5 Å². The van der Waals surface area contributed by atoms with Crippen LogP contribution >= 0.6 is 24.8 Å². The number of hydrogen-bond acceptors (Lipinski definition) is 2. The second kappa shape index (κ2) is 9.10. The van der Waals surface area contributed by atoms with E-state index in [9.17, 15) is 0 Å². The lowest BCUT2D eigenvalue weighted by molar-refractivity contribution is 0.104. The molecule has 2 aromatic rings. The highest BCUT2D eigenvalue weighted by Crippen LogP contribution is 2.40. The van der Waals surface area contributed by atoms with E-state index < -0.39 is 0 Å². The quantitative estimate of drug-likeness (QED) is 0.831. The topological polar surface area (TPSA) is 31.1 Å². The smallest absolute Gasteiger partial charge is 0.0457 e. The zero-order valence-corrected chi connectivity index (χ0v) is 15.8. The van der Waals surface area contributed by atoms with Crippen LogP contribution in [0.2, 0.25) is 0 Å². The van der Waals surface area contributed by atoms with Gasteiger partial charge in [0, 0.05) is 49.3 Å². The number of nitrogens with one attached hydrogen (secondary N) is 2. The van der Waals surface area contributed by atoms with E-state index in [2.05, 4.69) is 45.7 Å². The molecule has 1 aromatic heterocycles. The summed E-state index contributed by atoms with van der Waals surface area (Å²) in [6, 6.07) is 9.67. The first-order chi connectivity index (χ1) is 10.9. The lowest BCUT2D eigenvalue weighted by Gasteiger charge is -2.41. The largest absolute Gasteiger partial charge is 0.361 e. The zero-order chi connectivity index (χ0) is 14.8. The fourth-order valence-electron chi connectivity index (χ4n) is 4.53. The third-order valence-corrected chi connectivity index (χ3v) is 5.59. The summed E-state index contributed by atoms with van der Waals surface area (Å²) in [5.41, 5.74) is 2.83. The van der Waals surface area contributed by atoms with Crippen molar-refractivity contribution in [1.29, 1.82) is 0 Å². The van der Waals surface area contributed by atoms with Crippen molar-refractivity contribution in [3.63, 3.8) is 0 Å². The van der Waals surface area contributed by atoms with Gasteiger partial charge in [0.1, 0.15) is 0 Å². The lowest BCUT2D eigenvalue weighted by atomic mass is 9.79. The molecule has 4 rings (SSSR count). The van der Waals surface area contributed by atoms with Crippen molar-refractivity contribution in [2.24, 2.45) is 5.92 Å². The van der Waals surface area contributed by atoms with Crippen LogP contribution in [0.1, 0.15) is 43.7 Å². The molecule has 24 heavy (non-hydrogen) atoms. The Bertz CT molecular complexity index is 598. The van der Waals surface area contributed by atoms with Gasteiger partial charge in [0.15, 0.2) is 0 Å². The first-order valence-corrected chi connectivity index (χ1v) is 8.94. The molecule has 1 aromatic carbocycles. The van der Waals surface area contributed by atoms with E-state index >= 15 is 0 Å². The van der Waals surface area contributed by atoms with Gasteiger partial charge in [-0.1, -0.05) is 31.4 Å². The van der Waals surface area contributed by atoms with Crippen molar-refractivity contribution in [1.82, 2.24) is 15.2 Å². The van der Waals surface area contributed by atoms with E-state index in [1.165, 1.54) is 56.1 Å². The average Bonchev–Trinajstić information content (AvgIpc) is 3.07. The van der Waals surface area contributed by atoms with Crippen LogP contribution in [0.5, 0.6) is 0 Å². The Morgan fingerprint density at radius 1 is 0.958 bits per heavy atom. The van der Waals surface area contributed by atoms with E-state index in [-0.39, 0.29) is 24.8 Å². The van der Waals surface area contributed by atoms with E-state index in [4.69, 9.17) is 0 Å². The van der Waals surface area contributed by atoms with Crippen LogP contribution in [0.25, 0.3) is 10.9 Å². The summed E-state index contributed by atoms with van der Waals surface area (Å²) in [4.78, 5) is 6.13. The zero-order valence-electron chi connectivity index (χ0n) is 14.2. The molecular formula is C19H29Cl2N3. The van der Waals surface area contributed by atoms with Gasteiger partial charge in [0.25, 0.3) is 0 Å². The maximum atomic E-state index is 3.51. The standard InChI is InChI=1S/C19H27N3.2ClH/c1-2-5-15(6-3-1)19(22-13-11-20-12-14-22)17-7-4-8-18-16(17)9-10-21-18;;/h4,7-10,15,19-21H,1-3,5-6,11-14H2;2*1H/t19-;;/m1../s1. The maximum absolute atomic E-state index is 3.51. The molecule has 1 aliphatic carbocycles. The summed E-state index contributed by atoms with van der Waals surface area (Å²) in [6.07, 6.45) is 9.14. The molecule has 1 aliphatic heterocycles. The van der Waals surface area contributed by atoms with Crippen LogP contribution in [0, 0.1) is 5.92 Å². The van der Waals surface area contributed by atoms with Crippen molar-refractivity contribution in [2.75, 3.05) is 26.2 Å². The molecule has 0 amide bonds. The Kier molecular flexibility index (Phi) is 7.42. The van der Waals surface area contributed by atoms with Crippen molar-refractivity contribution >= 4 is 35.7 Å². The molecule has 0 unspecified atom stereocenters. The summed E-state index contributed by atoms with van der Waals surface area (Å²) in [6.45, 7) is 4.63. The highest BCUT2D eigenvalue weighted by molar-refractivity contribution is 5.85. The Morgan fingerprint density at radius 3 is 2.46 bits per heavy atom. The number of fused-ring (bicyclic) bond motifs is 1. The van der Waals surface area contributed by atoms with Crippen LogP contribution in [0.3, 0.4) is 0 Å². The number of nitrogens with zero attached hydrogens (tertiary/aromatic N) is 1. The molecule has 1 saturated carbocycles. The first kappa shape index (κ1) is 19.6. The van der Waals surface area contributed by atoms with Crippen molar-refractivity contribution < 1.29 is 0 Å². The van der Waals surface area contributed by atoms with Crippen LogP contribution in [0.4, 0.5) is 0 Å². The summed E-state index contributed by atoms with van der Waals surface area (Å²) in [5, 5.41) is 4.94. The number of rotatable bonds is 3. The number of aromatic amines is 1. The lowest BCUT2D eigenvalue weighted by Crippen LogP contribution is -2.47. The predicted octanol–water partition coefficient (Wildman–Crippen LogP) is 4.54. The highest BCUT2D eigenvalue weighted by atomic mass is 35.5. The molecule has 2 fully saturated rings. The molecule has 2 N–H and O–H groups in total. The van der Waals surface area contributed by atoms with Gasteiger partial charge in [0.05, 0.1) is 0 Å². The fourth-order valence-corrected chi connectivity index (χ4v) is 4.53. The minimum atomic E-state index is 0. The Hall–Kier alpha value is -0.740. The molecule has 134 valence electrons. The number of halogens is 2. The van der Waals surface area contributed by atoms with Crippen LogP contribution in [0.15, 0.2) is 30.5 Å². The fraction of sp³-hybridized carbons (Fsp3) is 0.579. The number of H-pyrrole nitrogens is 1.